The molecule has 0 saturated carbocycles. The maximum atomic E-state index is 8.92. The summed E-state index contributed by atoms with van der Waals surface area (Å²) in [6.07, 6.45) is 2.71. The molecule has 0 aliphatic heterocycles. The molecule has 0 unspecified atom stereocenters. The van der Waals surface area contributed by atoms with E-state index in [1.54, 1.807) is 25.3 Å². The van der Waals surface area contributed by atoms with Crippen molar-refractivity contribution in [3.63, 3.8) is 0 Å². The van der Waals surface area contributed by atoms with E-state index < -0.39 is 0 Å². The first-order valence-electron chi connectivity index (χ1n) is 6.03. The molecule has 1 radical (unpaired) electrons. The lowest BCUT2D eigenvalue weighted by molar-refractivity contribution is 0.132. The second-order valence-electron chi connectivity index (χ2n) is 3.98. The first-order chi connectivity index (χ1) is 9.83. The van der Waals surface area contributed by atoms with E-state index in [9.17, 15) is 0 Å². The van der Waals surface area contributed by atoms with E-state index in [0.717, 1.165) is 11.3 Å². The van der Waals surface area contributed by atoms with Crippen molar-refractivity contribution in [2.75, 3.05) is 7.11 Å². The number of ether oxygens (including phenoxy) is 1. The maximum absolute atomic E-state index is 8.92. The predicted molar refractivity (Wildman–Crippen MR) is 75.5 cm³/mol. The molecule has 0 aliphatic carbocycles. The Morgan fingerprint density at radius 2 is 1.75 bits per heavy atom. The molecule has 0 atom stereocenters. The number of nitriles is 1. The molecule has 0 saturated heterocycles. The Morgan fingerprint density at radius 3 is 2.40 bits per heavy atom. The Bertz CT molecular complexity index is 628. The highest BCUT2D eigenvalue weighted by atomic mass is 16.6. The summed E-state index contributed by atoms with van der Waals surface area (Å²) in [4.78, 5) is 5.16. The lowest BCUT2D eigenvalue weighted by atomic mass is 10.1. The van der Waals surface area contributed by atoms with Crippen LogP contribution in [0.15, 0.2) is 53.7 Å². The van der Waals surface area contributed by atoms with Crippen molar-refractivity contribution < 1.29 is 9.57 Å². The lowest BCUT2D eigenvalue weighted by Gasteiger charge is -2.02. The monoisotopic (exact) mass is 265 g/mol. The van der Waals surface area contributed by atoms with Crippen molar-refractivity contribution in [2.24, 2.45) is 5.16 Å². The van der Waals surface area contributed by atoms with Gasteiger partial charge in [-0.05, 0) is 23.8 Å². The second kappa shape index (κ2) is 6.95. The molecule has 0 N–H and O–H groups in total. The predicted octanol–water partition coefficient (Wildman–Crippen LogP) is 2.99. The van der Waals surface area contributed by atoms with Crippen LogP contribution in [0.4, 0.5) is 0 Å². The van der Waals surface area contributed by atoms with Crippen LogP contribution in [0, 0.1) is 11.3 Å². The number of hydrogen-bond acceptors (Lipinski definition) is 4. The van der Waals surface area contributed by atoms with E-state index in [0.29, 0.717) is 17.7 Å². The molecule has 4 nitrogen and oxygen atoms in total. The van der Waals surface area contributed by atoms with E-state index in [-0.39, 0.29) is 0 Å². The lowest BCUT2D eigenvalue weighted by Crippen LogP contribution is -1.91. The summed E-state index contributed by atoms with van der Waals surface area (Å²) < 4.78 is 5.07. The molecule has 2 aromatic carbocycles. The Balaban J connectivity index is 1.92. The molecular formula is C16H13N2O2. The standard InChI is InChI=1S/C16H13N2O2/c1-19-16-8-6-13(7-9-16)12-20-18-11-15-5-3-2-4-14(15)10-17/h2-9H,12H2,1H3. The largest absolute Gasteiger partial charge is 0.497 e. The second-order valence-corrected chi connectivity index (χ2v) is 3.98. The van der Waals surface area contributed by atoms with E-state index in [1.165, 1.54) is 0 Å². The normalized spacial score (nSPS) is 10.2. The van der Waals surface area contributed by atoms with Gasteiger partial charge in [-0.2, -0.15) is 5.26 Å². The minimum Gasteiger partial charge on any atom is -0.497 e. The zero-order valence-corrected chi connectivity index (χ0v) is 11.0. The molecule has 0 amide bonds. The van der Waals surface area contributed by atoms with Gasteiger partial charge in [0, 0.05) is 5.56 Å². The van der Waals surface area contributed by atoms with Gasteiger partial charge in [0.15, 0.2) is 0 Å². The zero-order chi connectivity index (χ0) is 14.2. The Morgan fingerprint density at radius 1 is 1.05 bits per heavy atom. The van der Waals surface area contributed by atoms with Crippen LogP contribution in [0.2, 0.25) is 0 Å². The number of benzene rings is 2. The van der Waals surface area contributed by atoms with Gasteiger partial charge in [0.05, 0.1) is 18.7 Å². The van der Waals surface area contributed by atoms with Gasteiger partial charge in [0.2, 0.25) is 0 Å². The van der Waals surface area contributed by atoms with Crippen molar-refractivity contribution in [1.29, 1.82) is 5.26 Å². The van der Waals surface area contributed by atoms with Crippen molar-refractivity contribution in [2.45, 2.75) is 6.61 Å². The fourth-order valence-electron chi connectivity index (χ4n) is 1.59. The molecule has 0 fully saturated rings. The van der Waals surface area contributed by atoms with Crippen molar-refractivity contribution in [3.05, 3.63) is 65.2 Å². The van der Waals surface area contributed by atoms with Crippen LogP contribution in [-0.4, -0.2) is 13.3 Å². The summed E-state index contributed by atoms with van der Waals surface area (Å²) in [5.74, 6) is 0.798. The highest BCUT2D eigenvalue weighted by Crippen LogP contribution is 2.12. The van der Waals surface area contributed by atoms with Crippen LogP contribution in [0.3, 0.4) is 0 Å². The third kappa shape index (κ3) is 3.59. The topological polar surface area (TPSA) is 54.6 Å². The summed E-state index contributed by atoms with van der Waals surface area (Å²) in [5, 5.41) is 12.7. The smallest absolute Gasteiger partial charge is 0.142 e. The van der Waals surface area contributed by atoms with E-state index in [1.807, 2.05) is 30.3 Å². The molecule has 99 valence electrons. The van der Waals surface area contributed by atoms with Crippen LogP contribution in [-0.2, 0) is 11.4 Å². The fourth-order valence-corrected chi connectivity index (χ4v) is 1.59. The summed E-state index contributed by atoms with van der Waals surface area (Å²) in [6.45, 7) is 0.339. The molecule has 2 aromatic rings. The molecule has 0 spiro atoms. The Kier molecular flexibility index (Phi) is 4.74. The molecular weight excluding hydrogens is 252 g/mol. The van der Waals surface area contributed by atoms with Gasteiger partial charge in [0.25, 0.3) is 0 Å². The van der Waals surface area contributed by atoms with Gasteiger partial charge in [-0.3, -0.25) is 0 Å². The first kappa shape index (κ1) is 13.6. The first-order valence-corrected chi connectivity index (χ1v) is 6.03. The van der Waals surface area contributed by atoms with Gasteiger partial charge < -0.3 is 9.57 Å². The molecule has 0 aliphatic rings. The summed E-state index contributed by atoms with van der Waals surface area (Å²) in [6, 6.07) is 16.7. The summed E-state index contributed by atoms with van der Waals surface area (Å²) >= 11 is 0. The van der Waals surface area contributed by atoms with Gasteiger partial charge >= 0.3 is 0 Å². The SMILES string of the molecule is COc1ccc(CO/N=[C]\c2ccccc2C#N)cc1. The van der Waals surface area contributed by atoms with Crippen LogP contribution in [0.5, 0.6) is 5.75 Å². The number of hydrogen-bond donors (Lipinski definition) is 0. The van der Waals surface area contributed by atoms with Gasteiger partial charge in [-0.15, -0.1) is 0 Å². The van der Waals surface area contributed by atoms with Crippen LogP contribution in [0.25, 0.3) is 0 Å². The molecule has 2 rings (SSSR count). The Hall–Kier alpha value is -2.80. The molecule has 4 heteroatoms. The van der Waals surface area contributed by atoms with Crippen molar-refractivity contribution in [1.82, 2.24) is 0 Å². The highest BCUT2D eigenvalue weighted by molar-refractivity contribution is 5.82. The summed E-state index contributed by atoms with van der Waals surface area (Å²) in [5.41, 5.74) is 2.11. The maximum Gasteiger partial charge on any atom is 0.142 e. The minimum absolute atomic E-state index is 0.339. The Labute approximate surface area is 117 Å². The fraction of sp³-hybridized carbons (Fsp3) is 0.125. The highest BCUT2D eigenvalue weighted by Gasteiger charge is 1.98. The van der Waals surface area contributed by atoms with E-state index >= 15 is 0 Å². The van der Waals surface area contributed by atoms with Crippen molar-refractivity contribution >= 4 is 6.21 Å². The molecule has 0 heterocycles. The van der Waals surface area contributed by atoms with Crippen molar-refractivity contribution in [3.8, 4) is 11.8 Å². The van der Waals surface area contributed by atoms with E-state index in [4.69, 9.17) is 14.8 Å². The number of rotatable bonds is 5. The van der Waals surface area contributed by atoms with Crippen LogP contribution >= 0.6 is 0 Å². The average Bonchev–Trinajstić information content (AvgIpc) is 2.52. The quantitative estimate of drug-likeness (QED) is 0.617. The molecule has 20 heavy (non-hydrogen) atoms. The third-order valence-corrected chi connectivity index (χ3v) is 2.67. The summed E-state index contributed by atoms with van der Waals surface area (Å²) in [7, 11) is 1.62. The van der Waals surface area contributed by atoms with Crippen LogP contribution < -0.4 is 4.74 Å². The van der Waals surface area contributed by atoms with Gasteiger partial charge in [0.1, 0.15) is 18.6 Å². The average molecular weight is 265 g/mol. The minimum atomic E-state index is 0.339. The number of nitrogens with zero attached hydrogens (tertiary/aromatic N) is 2. The third-order valence-electron chi connectivity index (χ3n) is 2.67. The van der Waals surface area contributed by atoms with Gasteiger partial charge in [-0.25, -0.2) is 0 Å². The van der Waals surface area contributed by atoms with Gasteiger partial charge in [-0.1, -0.05) is 35.5 Å². The molecule has 0 aromatic heterocycles. The number of methoxy groups -OCH3 is 1. The molecule has 0 bridgehead atoms. The zero-order valence-electron chi connectivity index (χ0n) is 11.0. The van der Waals surface area contributed by atoms with E-state index in [2.05, 4.69) is 17.4 Å². The van der Waals surface area contributed by atoms with Crippen LogP contribution in [0.1, 0.15) is 16.7 Å².